The summed E-state index contributed by atoms with van der Waals surface area (Å²) in [5, 5.41) is 13.9. The highest BCUT2D eigenvalue weighted by Gasteiger charge is 2.15. The number of carbonyl (C=O) groups excluding carboxylic acids is 1. The van der Waals surface area contributed by atoms with E-state index in [-0.39, 0.29) is 18.7 Å². The van der Waals surface area contributed by atoms with Crippen LogP contribution in [-0.2, 0) is 16.1 Å². The molecule has 0 fully saturated rings. The summed E-state index contributed by atoms with van der Waals surface area (Å²) in [4.78, 5) is 27.5. The van der Waals surface area contributed by atoms with Gasteiger partial charge in [0.05, 0.1) is 24.0 Å². The van der Waals surface area contributed by atoms with Crippen molar-refractivity contribution in [1.29, 1.82) is 0 Å². The van der Waals surface area contributed by atoms with Crippen LogP contribution >= 0.6 is 0 Å². The molecule has 1 heterocycles. The van der Waals surface area contributed by atoms with Gasteiger partial charge in [0.2, 0.25) is 11.9 Å². The summed E-state index contributed by atoms with van der Waals surface area (Å²) < 4.78 is 1.95. The van der Waals surface area contributed by atoms with Gasteiger partial charge in [-0.3, -0.25) is 14.9 Å². The zero-order chi connectivity index (χ0) is 19.5. The number of carbonyl (C=O) groups is 2. The Hall–Kier alpha value is -3.67. The number of anilines is 1. The lowest BCUT2D eigenvalue weighted by Crippen LogP contribution is -2.17. The van der Waals surface area contributed by atoms with E-state index in [4.69, 9.17) is 5.11 Å². The van der Waals surface area contributed by atoms with Crippen LogP contribution < -0.4 is 5.32 Å². The van der Waals surface area contributed by atoms with E-state index < -0.39 is 5.97 Å². The lowest BCUT2D eigenvalue weighted by atomic mass is 10.0. The Morgan fingerprint density at radius 2 is 1.68 bits per heavy atom. The fourth-order valence-corrected chi connectivity index (χ4v) is 3.34. The van der Waals surface area contributed by atoms with E-state index in [0.29, 0.717) is 12.5 Å². The Bertz CT molecular complexity index is 1170. The highest BCUT2D eigenvalue weighted by atomic mass is 16.4. The number of nitrogens with one attached hydrogen (secondary N) is 1. The van der Waals surface area contributed by atoms with E-state index in [9.17, 15) is 9.59 Å². The molecule has 1 aromatic heterocycles. The number of nitrogens with zero attached hydrogens (tertiary/aromatic N) is 2. The number of carboxylic acid groups (broad SMARTS) is 1. The Kier molecular flexibility index (Phi) is 4.76. The lowest BCUT2D eigenvalue weighted by molar-refractivity contribution is -0.138. The molecule has 28 heavy (non-hydrogen) atoms. The molecule has 2 N–H and O–H groups in total. The number of para-hydroxylation sites is 2. The van der Waals surface area contributed by atoms with E-state index in [1.165, 1.54) is 0 Å². The van der Waals surface area contributed by atoms with Crippen molar-refractivity contribution in [1.82, 2.24) is 9.55 Å². The predicted octanol–water partition coefficient (Wildman–Crippen LogP) is 4.04. The van der Waals surface area contributed by atoms with E-state index >= 15 is 0 Å². The van der Waals surface area contributed by atoms with Crippen molar-refractivity contribution in [3.8, 4) is 0 Å². The Morgan fingerprint density at radius 1 is 0.929 bits per heavy atom. The summed E-state index contributed by atoms with van der Waals surface area (Å²) >= 11 is 0. The number of hydrogen-bond acceptors (Lipinski definition) is 3. The van der Waals surface area contributed by atoms with Crippen molar-refractivity contribution in [2.45, 2.75) is 19.4 Å². The van der Waals surface area contributed by atoms with Gasteiger partial charge in [0.15, 0.2) is 0 Å². The molecule has 3 aromatic carbocycles. The van der Waals surface area contributed by atoms with E-state index in [1.54, 1.807) is 0 Å². The molecular formula is C22H19N3O3. The molecule has 0 aliphatic heterocycles. The topological polar surface area (TPSA) is 84.2 Å². The number of aliphatic carboxylic acids is 1. The first kappa shape index (κ1) is 17.7. The molecule has 0 atom stereocenters. The highest BCUT2D eigenvalue weighted by molar-refractivity contribution is 5.93. The maximum atomic E-state index is 12.2. The van der Waals surface area contributed by atoms with Crippen molar-refractivity contribution < 1.29 is 14.7 Å². The third kappa shape index (κ3) is 3.57. The average molecular weight is 373 g/mol. The number of imidazole rings is 1. The minimum atomic E-state index is -1.00. The number of fused-ring (bicyclic) bond motifs is 2. The van der Waals surface area contributed by atoms with Gasteiger partial charge in [-0.1, -0.05) is 54.6 Å². The lowest BCUT2D eigenvalue weighted by Gasteiger charge is -2.12. The van der Waals surface area contributed by atoms with Crippen LogP contribution in [0.3, 0.4) is 0 Å². The Morgan fingerprint density at radius 3 is 2.54 bits per heavy atom. The van der Waals surface area contributed by atoms with Gasteiger partial charge < -0.3 is 9.67 Å². The third-order valence-electron chi connectivity index (χ3n) is 4.68. The van der Waals surface area contributed by atoms with Crippen LogP contribution in [0.25, 0.3) is 21.8 Å². The van der Waals surface area contributed by atoms with Crippen LogP contribution in [0, 0.1) is 0 Å². The molecule has 0 aliphatic rings. The van der Waals surface area contributed by atoms with Crippen LogP contribution in [0.15, 0.2) is 66.7 Å². The standard InChI is InChI=1S/C22H19N3O3/c26-20(12-13-21(27)28)24-22-23-18-10-3-4-11-19(18)25(22)14-16-8-5-7-15-6-1-2-9-17(15)16/h1-11H,12-14H2,(H,27,28)(H,23,24,26). The Labute approximate surface area is 161 Å². The number of amides is 1. The maximum absolute atomic E-state index is 12.2. The molecule has 0 bridgehead atoms. The van der Waals surface area contributed by atoms with E-state index in [0.717, 1.165) is 27.4 Å². The molecule has 0 saturated carbocycles. The first-order valence-electron chi connectivity index (χ1n) is 9.05. The minimum Gasteiger partial charge on any atom is -0.481 e. The maximum Gasteiger partial charge on any atom is 0.303 e. The zero-order valence-electron chi connectivity index (χ0n) is 15.1. The summed E-state index contributed by atoms with van der Waals surface area (Å²) in [7, 11) is 0. The summed E-state index contributed by atoms with van der Waals surface area (Å²) in [6.45, 7) is 0.538. The smallest absolute Gasteiger partial charge is 0.303 e. The number of aromatic nitrogens is 2. The van der Waals surface area contributed by atoms with Crippen molar-refractivity contribution in [2.24, 2.45) is 0 Å². The normalized spacial score (nSPS) is 11.0. The Balaban J connectivity index is 1.72. The molecule has 6 nitrogen and oxygen atoms in total. The van der Waals surface area contributed by atoms with Gasteiger partial charge in [0.25, 0.3) is 0 Å². The van der Waals surface area contributed by atoms with Gasteiger partial charge in [-0.05, 0) is 28.5 Å². The fraction of sp³-hybridized carbons (Fsp3) is 0.136. The summed E-state index contributed by atoms with van der Waals surface area (Å²) in [5.74, 6) is -0.944. The monoisotopic (exact) mass is 373 g/mol. The van der Waals surface area contributed by atoms with Gasteiger partial charge in [-0.2, -0.15) is 0 Å². The van der Waals surface area contributed by atoms with Crippen LogP contribution in [0.5, 0.6) is 0 Å². The van der Waals surface area contributed by atoms with Crippen molar-refractivity contribution >= 4 is 39.6 Å². The number of carboxylic acids is 1. The van der Waals surface area contributed by atoms with Crippen LogP contribution in [0.4, 0.5) is 5.95 Å². The molecule has 0 aliphatic carbocycles. The predicted molar refractivity (Wildman–Crippen MR) is 108 cm³/mol. The summed E-state index contributed by atoms with van der Waals surface area (Å²) in [6.07, 6.45) is -0.303. The van der Waals surface area contributed by atoms with Gasteiger partial charge in [0, 0.05) is 6.42 Å². The zero-order valence-corrected chi connectivity index (χ0v) is 15.1. The number of benzene rings is 3. The molecule has 4 aromatic rings. The second kappa shape index (κ2) is 7.52. The minimum absolute atomic E-state index is 0.0905. The summed E-state index contributed by atoms with van der Waals surface area (Å²) in [5.41, 5.74) is 2.79. The second-order valence-electron chi connectivity index (χ2n) is 6.59. The molecular weight excluding hydrogens is 354 g/mol. The van der Waals surface area contributed by atoms with Gasteiger partial charge >= 0.3 is 5.97 Å². The van der Waals surface area contributed by atoms with E-state index in [1.807, 2.05) is 47.0 Å². The van der Waals surface area contributed by atoms with Crippen LogP contribution in [0.1, 0.15) is 18.4 Å². The van der Waals surface area contributed by atoms with Crippen molar-refractivity contribution in [2.75, 3.05) is 5.32 Å². The highest BCUT2D eigenvalue weighted by Crippen LogP contribution is 2.25. The van der Waals surface area contributed by atoms with E-state index in [2.05, 4.69) is 34.6 Å². The molecule has 140 valence electrons. The fourth-order valence-electron chi connectivity index (χ4n) is 3.34. The third-order valence-corrected chi connectivity index (χ3v) is 4.68. The molecule has 1 amide bonds. The van der Waals surface area contributed by atoms with Crippen LogP contribution in [-0.4, -0.2) is 26.5 Å². The average Bonchev–Trinajstić information content (AvgIpc) is 3.04. The summed E-state index contributed by atoms with van der Waals surface area (Å²) in [6, 6.07) is 22.0. The molecule has 0 unspecified atom stereocenters. The van der Waals surface area contributed by atoms with Crippen molar-refractivity contribution in [3.63, 3.8) is 0 Å². The van der Waals surface area contributed by atoms with Gasteiger partial charge in [-0.15, -0.1) is 0 Å². The molecule has 0 spiro atoms. The molecule has 6 heteroatoms. The number of hydrogen-bond donors (Lipinski definition) is 2. The largest absolute Gasteiger partial charge is 0.481 e. The quantitative estimate of drug-likeness (QED) is 0.534. The molecule has 4 rings (SSSR count). The first-order chi connectivity index (χ1) is 13.6. The SMILES string of the molecule is O=C(O)CCC(=O)Nc1nc2ccccc2n1Cc1cccc2ccccc12. The number of rotatable bonds is 6. The van der Waals surface area contributed by atoms with Gasteiger partial charge in [0.1, 0.15) is 0 Å². The first-order valence-corrected chi connectivity index (χ1v) is 9.05. The second-order valence-corrected chi connectivity index (χ2v) is 6.59. The van der Waals surface area contributed by atoms with Crippen LogP contribution in [0.2, 0.25) is 0 Å². The van der Waals surface area contributed by atoms with Crippen molar-refractivity contribution in [3.05, 3.63) is 72.3 Å². The molecule has 0 radical (unpaired) electrons. The van der Waals surface area contributed by atoms with Gasteiger partial charge in [-0.25, -0.2) is 4.98 Å². The molecule has 0 saturated heterocycles.